The van der Waals surface area contributed by atoms with Crippen molar-refractivity contribution in [3.05, 3.63) is 40.7 Å². The van der Waals surface area contributed by atoms with Gasteiger partial charge in [0.1, 0.15) is 11.4 Å². The van der Waals surface area contributed by atoms with E-state index in [9.17, 15) is 14.4 Å². The summed E-state index contributed by atoms with van der Waals surface area (Å²) in [4.78, 5) is 30.5. The summed E-state index contributed by atoms with van der Waals surface area (Å²) in [6.45, 7) is 7.30. The van der Waals surface area contributed by atoms with E-state index in [1.165, 1.54) is 0 Å². The zero-order valence-electron chi connectivity index (χ0n) is 19.8. The lowest BCUT2D eigenvalue weighted by atomic mass is 9.96. The third kappa shape index (κ3) is 8.40. The topological polar surface area (TPSA) is 209 Å². The number of aliphatic carboxylic acids is 3. The van der Waals surface area contributed by atoms with E-state index < -0.39 is 36.4 Å². The normalized spacial score (nSPS) is 10.6. The van der Waals surface area contributed by atoms with Gasteiger partial charge in [-0.1, -0.05) is 13.8 Å². The molecule has 0 aliphatic carbocycles. The van der Waals surface area contributed by atoms with E-state index in [4.69, 9.17) is 36.2 Å². The minimum absolute atomic E-state index is 0.542. The predicted octanol–water partition coefficient (Wildman–Crippen LogP) is 1.69. The van der Waals surface area contributed by atoms with Gasteiger partial charge >= 0.3 is 17.9 Å². The van der Waals surface area contributed by atoms with E-state index in [1.54, 1.807) is 6.07 Å². The summed E-state index contributed by atoms with van der Waals surface area (Å²) >= 11 is 0. The number of nitriles is 1. The molecule has 0 spiro atoms. The molecule has 0 aliphatic rings. The van der Waals surface area contributed by atoms with Gasteiger partial charge in [-0.15, -0.1) is 0 Å². The molecule has 0 radical (unpaired) electrons. The summed E-state index contributed by atoms with van der Waals surface area (Å²) in [7, 11) is 0. The largest absolute Gasteiger partial charge is 0.481 e. The van der Waals surface area contributed by atoms with Gasteiger partial charge in [-0.3, -0.25) is 14.3 Å². The molecule has 0 aliphatic heterocycles. The molecule has 12 nitrogen and oxygen atoms in total. The molecule has 0 atom stereocenters. The van der Waals surface area contributed by atoms with E-state index in [-0.39, 0.29) is 0 Å². The van der Waals surface area contributed by atoms with E-state index in [0.717, 1.165) is 35.5 Å². The van der Waals surface area contributed by atoms with E-state index in [0.29, 0.717) is 24.4 Å². The zero-order valence-corrected chi connectivity index (χ0v) is 19.8. The Balaban J connectivity index is 0.000000405. The summed E-state index contributed by atoms with van der Waals surface area (Å²) in [5, 5.41) is 47.5. The molecular weight excluding hydrogens is 460 g/mol. The monoisotopic (exact) mass is 490 g/mol. The minimum atomic E-state index is -2.74. The first-order valence-electron chi connectivity index (χ1n) is 10.8. The molecule has 35 heavy (non-hydrogen) atoms. The Hall–Kier alpha value is -3.95. The van der Waals surface area contributed by atoms with Crippen LogP contribution in [0.1, 0.15) is 49.2 Å². The standard InChI is InChI=1S/C17H22N4O.C6H8O7/c1-4-15-17(16(5-2)21(20-15)7-6-18)22-14-9-12(3)8-13(10-14)11-19;7-3(8)1-6(13,5(11)12)2-4(9)10/h8-10H,4-7,18H2,1-3H3;13H,1-2H2,(H,7,8)(H,9,10)(H,11,12). The van der Waals surface area contributed by atoms with Crippen LogP contribution in [0.2, 0.25) is 0 Å². The maximum absolute atomic E-state index is 10.3. The van der Waals surface area contributed by atoms with Crippen LogP contribution in [-0.4, -0.2) is 60.3 Å². The fourth-order valence-corrected chi connectivity index (χ4v) is 3.24. The number of nitrogens with zero attached hydrogens (tertiary/aromatic N) is 3. The number of carbonyl (C=O) groups is 3. The molecule has 0 amide bonds. The Morgan fingerprint density at radius 3 is 2.14 bits per heavy atom. The van der Waals surface area contributed by atoms with Crippen molar-refractivity contribution in [2.24, 2.45) is 5.73 Å². The number of nitrogens with two attached hydrogens (primary N) is 1. The van der Waals surface area contributed by atoms with Crippen molar-refractivity contribution in [1.82, 2.24) is 9.78 Å². The zero-order chi connectivity index (χ0) is 26.8. The van der Waals surface area contributed by atoms with Gasteiger partial charge in [0, 0.05) is 6.54 Å². The maximum Gasteiger partial charge on any atom is 0.336 e. The Bertz CT molecular complexity index is 1090. The van der Waals surface area contributed by atoms with Crippen LogP contribution in [0.3, 0.4) is 0 Å². The fraction of sp³-hybridized carbons (Fsp3) is 0.435. The molecule has 0 bridgehead atoms. The quantitative estimate of drug-likeness (QED) is 0.306. The van der Waals surface area contributed by atoms with Crippen LogP contribution in [0, 0.1) is 18.3 Å². The SMILES string of the molecule is CCc1nn(CCN)c(CC)c1Oc1cc(C)cc(C#N)c1.O=C(O)CC(O)(CC(=O)O)C(=O)O. The van der Waals surface area contributed by atoms with Crippen LogP contribution in [0.25, 0.3) is 0 Å². The lowest BCUT2D eigenvalue weighted by Gasteiger charge is -2.18. The third-order valence-electron chi connectivity index (χ3n) is 4.77. The molecule has 0 fully saturated rings. The second-order valence-corrected chi connectivity index (χ2v) is 7.67. The molecule has 0 unspecified atom stereocenters. The smallest absolute Gasteiger partial charge is 0.336 e. The first-order chi connectivity index (χ1) is 16.4. The number of benzene rings is 1. The van der Waals surface area contributed by atoms with Crippen molar-refractivity contribution in [2.45, 2.75) is 58.6 Å². The van der Waals surface area contributed by atoms with Crippen LogP contribution in [0.15, 0.2) is 18.2 Å². The van der Waals surface area contributed by atoms with Crippen molar-refractivity contribution in [3.8, 4) is 17.6 Å². The lowest BCUT2D eigenvalue weighted by Crippen LogP contribution is -2.42. The molecule has 190 valence electrons. The molecule has 0 saturated carbocycles. The lowest BCUT2D eigenvalue weighted by molar-refractivity contribution is -0.170. The highest BCUT2D eigenvalue weighted by atomic mass is 16.5. The summed E-state index contributed by atoms with van der Waals surface area (Å²) < 4.78 is 8.02. The fourth-order valence-electron chi connectivity index (χ4n) is 3.24. The number of aromatic nitrogens is 2. The van der Waals surface area contributed by atoms with Crippen LogP contribution < -0.4 is 10.5 Å². The van der Waals surface area contributed by atoms with Gasteiger partial charge in [-0.2, -0.15) is 10.4 Å². The number of hydrogen-bond donors (Lipinski definition) is 5. The van der Waals surface area contributed by atoms with E-state index >= 15 is 0 Å². The number of carboxylic acids is 3. The number of aryl methyl sites for hydroxylation is 2. The Morgan fingerprint density at radius 2 is 1.71 bits per heavy atom. The van der Waals surface area contributed by atoms with Crippen molar-refractivity contribution in [1.29, 1.82) is 5.26 Å². The molecule has 1 heterocycles. The summed E-state index contributed by atoms with van der Waals surface area (Å²) in [5.74, 6) is -3.55. The highest BCUT2D eigenvalue weighted by Gasteiger charge is 2.40. The summed E-state index contributed by atoms with van der Waals surface area (Å²) in [6, 6.07) is 7.69. The van der Waals surface area contributed by atoms with Gasteiger partial charge in [-0.25, -0.2) is 4.79 Å². The van der Waals surface area contributed by atoms with Gasteiger partial charge in [0.05, 0.1) is 36.7 Å². The highest BCUT2D eigenvalue weighted by molar-refractivity contribution is 5.88. The third-order valence-corrected chi connectivity index (χ3v) is 4.77. The molecule has 2 aromatic rings. The second kappa shape index (κ2) is 13.1. The number of hydrogen-bond acceptors (Lipinski definition) is 8. The van der Waals surface area contributed by atoms with Crippen LogP contribution >= 0.6 is 0 Å². The number of ether oxygens (including phenoxy) is 1. The average molecular weight is 491 g/mol. The number of rotatable bonds is 11. The predicted molar refractivity (Wildman–Crippen MR) is 123 cm³/mol. The first-order valence-corrected chi connectivity index (χ1v) is 10.8. The van der Waals surface area contributed by atoms with Gasteiger partial charge in [-0.05, 0) is 43.5 Å². The summed E-state index contributed by atoms with van der Waals surface area (Å²) in [5.41, 5.74) is 6.48. The molecule has 6 N–H and O–H groups in total. The second-order valence-electron chi connectivity index (χ2n) is 7.67. The Morgan fingerprint density at radius 1 is 1.11 bits per heavy atom. The van der Waals surface area contributed by atoms with Crippen molar-refractivity contribution < 1.29 is 39.5 Å². The highest BCUT2D eigenvalue weighted by Crippen LogP contribution is 2.31. The average Bonchev–Trinajstić information content (AvgIpc) is 3.08. The van der Waals surface area contributed by atoms with Gasteiger partial charge < -0.3 is 30.9 Å². The number of aliphatic hydroxyl groups is 1. The first kappa shape index (κ1) is 29.1. The van der Waals surface area contributed by atoms with E-state index in [1.807, 2.05) is 23.7 Å². The molecule has 12 heteroatoms. The minimum Gasteiger partial charge on any atom is -0.481 e. The van der Waals surface area contributed by atoms with Gasteiger partial charge in [0.15, 0.2) is 11.4 Å². The van der Waals surface area contributed by atoms with Gasteiger partial charge in [0.2, 0.25) is 0 Å². The van der Waals surface area contributed by atoms with Crippen LogP contribution in [0.4, 0.5) is 0 Å². The molecule has 0 saturated heterocycles. The van der Waals surface area contributed by atoms with Crippen LogP contribution in [0.5, 0.6) is 11.5 Å². The molecule has 1 aromatic heterocycles. The Labute approximate surface area is 202 Å². The number of carboxylic acid groups (broad SMARTS) is 3. The van der Waals surface area contributed by atoms with Crippen molar-refractivity contribution in [3.63, 3.8) is 0 Å². The maximum atomic E-state index is 10.3. The van der Waals surface area contributed by atoms with Crippen molar-refractivity contribution >= 4 is 17.9 Å². The van der Waals surface area contributed by atoms with Crippen molar-refractivity contribution in [2.75, 3.05) is 6.54 Å². The Kier molecular flexibility index (Phi) is 10.9. The van der Waals surface area contributed by atoms with Gasteiger partial charge in [0.25, 0.3) is 0 Å². The molecular formula is C23H30N4O8. The molecule has 1 aromatic carbocycles. The van der Waals surface area contributed by atoms with Crippen LogP contribution in [-0.2, 0) is 33.8 Å². The molecule has 2 rings (SSSR count). The van der Waals surface area contributed by atoms with E-state index in [2.05, 4.69) is 25.0 Å². The summed E-state index contributed by atoms with van der Waals surface area (Å²) in [6.07, 6.45) is -0.681.